The van der Waals surface area contributed by atoms with Gasteiger partial charge in [-0.05, 0) is 56.2 Å². The number of likely N-dealkylation sites (tertiary alicyclic amines) is 1. The maximum Gasteiger partial charge on any atom is 0.274 e. The van der Waals surface area contributed by atoms with Crippen LogP contribution in [0.5, 0.6) is 11.5 Å². The molecule has 1 aromatic heterocycles. The molecule has 150 valence electrons. The fourth-order valence-corrected chi connectivity index (χ4v) is 3.99. The summed E-state index contributed by atoms with van der Waals surface area (Å²) in [6.07, 6.45) is 1.82. The number of benzene rings is 2. The van der Waals surface area contributed by atoms with Gasteiger partial charge in [-0.2, -0.15) is 5.10 Å². The minimum Gasteiger partial charge on any atom is -0.497 e. The van der Waals surface area contributed by atoms with E-state index in [4.69, 9.17) is 9.47 Å². The molecule has 1 fully saturated rings. The second-order valence-corrected chi connectivity index (χ2v) is 7.18. The van der Waals surface area contributed by atoms with Crippen molar-refractivity contribution in [3.8, 4) is 17.2 Å². The first kappa shape index (κ1) is 19.1. The Labute approximate surface area is 170 Å². The van der Waals surface area contributed by atoms with Crippen LogP contribution in [-0.4, -0.2) is 41.4 Å². The first-order valence-electron chi connectivity index (χ1n) is 9.77. The number of hydrogen-bond donors (Lipinski definition) is 0. The van der Waals surface area contributed by atoms with Gasteiger partial charge in [0.15, 0.2) is 5.69 Å². The van der Waals surface area contributed by atoms with Gasteiger partial charge in [-0.15, -0.1) is 0 Å². The lowest BCUT2D eigenvalue weighted by Crippen LogP contribution is -2.31. The van der Waals surface area contributed by atoms with Crippen molar-refractivity contribution in [1.29, 1.82) is 0 Å². The van der Waals surface area contributed by atoms with Gasteiger partial charge in [0.05, 0.1) is 25.9 Å². The molecular weight excluding hydrogens is 366 g/mol. The third-order valence-corrected chi connectivity index (χ3v) is 5.42. The number of rotatable bonds is 5. The van der Waals surface area contributed by atoms with Crippen molar-refractivity contribution in [3.05, 3.63) is 71.5 Å². The van der Waals surface area contributed by atoms with Crippen LogP contribution in [0, 0.1) is 6.92 Å². The highest BCUT2D eigenvalue weighted by molar-refractivity contribution is 5.93. The molecule has 1 unspecified atom stereocenters. The number of aromatic nitrogens is 2. The zero-order valence-electron chi connectivity index (χ0n) is 17.0. The van der Waals surface area contributed by atoms with E-state index in [1.807, 2.05) is 71.1 Å². The van der Waals surface area contributed by atoms with Crippen LogP contribution in [-0.2, 0) is 0 Å². The summed E-state index contributed by atoms with van der Waals surface area (Å²) in [5.41, 5.74) is 3.29. The highest BCUT2D eigenvalue weighted by Crippen LogP contribution is 2.39. The molecule has 0 bridgehead atoms. The van der Waals surface area contributed by atoms with Gasteiger partial charge in [0.2, 0.25) is 0 Å². The van der Waals surface area contributed by atoms with E-state index >= 15 is 0 Å². The number of carbonyl (C=O) groups is 1. The molecule has 1 aliphatic rings. The van der Waals surface area contributed by atoms with E-state index in [1.165, 1.54) is 0 Å². The molecule has 0 radical (unpaired) electrons. The van der Waals surface area contributed by atoms with Crippen molar-refractivity contribution in [2.24, 2.45) is 0 Å². The summed E-state index contributed by atoms with van der Waals surface area (Å²) in [6.45, 7) is 2.66. The molecule has 6 heteroatoms. The predicted octanol–water partition coefficient (Wildman–Crippen LogP) is 4.18. The summed E-state index contributed by atoms with van der Waals surface area (Å²) in [6, 6.07) is 17.4. The van der Waals surface area contributed by atoms with Crippen molar-refractivity contribution in [2.75, 3.05) is 20.8 Å². The van der Waals surface area contributed by atoms with Crippen molar-refractivity contribution < 1.29 is 14.3 Å². The van der Waals surface area contributed by atoms with Crippen LogP contribution < -0.4 is 9.47 Å². The van der Waals surface area contributed by atoms with Crippen molar-refractivity contribution in [1.82, 2.24) is 14.7 Å². The third kappa shape index (κ3) is 3.58. The number of nitrogens with zero attached hydrogens (tertiary/aromatic N) is 3. The fraction of sp³-hybridized carbons (Fsp3) is 0.304. The van der Waals surface area contributed by atoms with Gasteiger partial charge in [-0.3, -0.25) is 4.79 Å². The highest BCUT2D eigenvalue weighted by Gasteiger charge is 2.34. The Kier molecular flexibility index (Phi) is 5.25. The van der Waals surface area contributed by atoms with Crippen LogP contribution in [0.1, 0.15) is 40.6 Å². The summed E-state index contributed by atoms with van der Waals surface area (Å²) in [5.74, 6) is 1.46. The number of amides is 1. The first-order chi connectivity index (χ1) is 14.1. The molecule has 1 aliphatic heterocycles. The third-order valence-electron chi connectivity index (χ3n) is 5.42. The Morgan fingerprint density at radius 2 is 1.86 bits per heavy atom. The average molecular weight is 391 g/mol. The lowest BCUT2D eigenvalue weighted by molar-refractivity contribution is 0.0727. The lowest BCUT2D eigenvalue weighted by Gasteiger charge is -2.26. The molecule has 2 heterocycles. The molecule has 0 spiro atoms. The zero-order valence-corrected chi connectivity index (χ0v) is 17.0. The van der Waals surface area contributed by atoms with E-state index in [0.29, 0.717) is 12.2 Å². The molecule has 0 aliphatic carbocycles. The second kappa shape index (κ2) is 7.99. The van der Waals surface area contributed by atoms with E-state index in [2.05, 4.69) is 5.10 Å². The zero-order chi connectivity index (χ0) is 20.4. The topological polar surface area (TPSA) is 56.6 Å². The molecule has 0 N–H and O–H groups in total. The van der Waals surface area contributed by atoms with E-state index in [9.17, 15) is 4.79 Å². The molecule has 1 atom stereocenters. The molecule has 29 heavy (non-hydrogen) atoms. The van der Waals surface area contributed by atoms with Crippen LogP contribution in [0.15, 0.2) is 54.6 Å². The Bertz CT molecular complexity index is 1010. The van der Waals surface area contributed by atoms with Crippen molar-refractivity contribution in [3.63, 3.8) is 0 Å². The minimum atomic E-state index is -0.0604. The normalized spacial score (nSPS) is 16.1. The van der Waals surface area contributed by atoms with E-state index in [1.54, 1.807) is 14.2 Å². The molecule has 1 amide bonds. The average Bonchev–Trinajstić information content (AvgIpc) is 3.40. The van der Waals surface area contributed by atoms with Crippen LogP contribution in [0.2, 0.25) is 0 Å². The van der Waals surface area contributed by atoms with Crippen LogP contribution >= 0.6 is 0 Å². The molecule has 0 saturated carbocycles. The van der Waals surface area contributed by atoms with E-state index in [-0.39, 0.29) is 11.9 Å². The maximum absolute atomic E-state index is 13.4. The lowest BCUT2D eigenvalue weighted by atomic mass is 10.0. The molecule has 2 aromatic carbocycles. The van der Waals surface area contributed by atoms with Gasteiger partial charge >= 0.3 is 0 Å². The van der Waals surface area contributed by atoms with Gasteiger partial charge in [0.1, 0.15) is 11.5 Å². The molecule has 1 saturated heterocycles. The van der Waals surface area contributed by atoms with Gasteiger partial charge in [0.25, 0.3) is 5.91 Å². The minimum absolute atomic E-state index is 0.0600. The van der Waals surface area contributed by atoms with Gasteiger partial charge < -0.3 is 14.4 Å². The molecule has 3 aromatic rings. The number of aryl methyl sites for hydroxylation is 1. The summed E-state index contributed by atoms with van der Waals surface area (Å²) >= 11 is 0. The second-order valence-electron chi connectivity index (χ2n) is 7.18. The van der Waals surface area contributed by atoms with Crippen molar-refractivity contribution >= 4 is 5.91 Å². The fourth-order valence-electron chi connectivity index (χ4n) is 3.99. The van der Waals surface area contributed by atoms with Crippen LogP contribution in [0.3, 0.4) is 0 Å². The quantitative estimate of drug-likeness (QED) is 0.655. The monoisotopic (exact) mass is 391 g/mol. The van der Waals surface area contributed by atoms with Gasteiger partial charge in [-0.25, -0.2) is 4.68 Å². The van der Waals surface area contributed by atoms with Crippen LogP contribution in [0.25, 0.3) is 5.69 Å². The molecule has 4 rings (SSSR count). The first-order valence-corrected chi connectivity index (χ1v) is 9.77. The standard InChI is InChI=1S/C23H25N3O3/c1-16-14-20(24-26(16)17-8-5-4-6-9-17)23(27)25-13-7-10-21(25)19-15-18(28-2)11-12-22(19)29-3/h4-6,8-9,11-12,14-15,21H,7,10,13H2,1-3H3. The SMILES string of the molecule is COc1ccc(OC)c(C2CCCN2C(=O)c2cc(C)n(-c3ccccc3)n2)c1. The largest absolute Gasteiger partial charge is 0.497 e. The Hall–Kier alpha value is -3.28. The maximum atomic E-state index is 13.4. The number of hydrogen-bond acceptors (Lipinski definition) is 4. The van der Waals surface area contributed by atoms with Gasteiger partial charge in [-0.1, -0.05) is 18.2 Å². The predicted molar refractivity (Wildman–Crippen MR) is 111 cm³/mol. The summed E-state index contributed by atoms with van der Waals surface area (Å²) < 4.78 is 12.8. The number of methoxy groups -OCH3 is 2. The van der Waals surface area contributed by atoms with Gasteiger partial charge in [0, 0.05) is 17.8 Å². The smallest absolute Gasteiger partial charge is 0.274 e. The van der Waals surface area contributed by atoms with Crippen molar-refractivity contribution in [2.45, 2.75) is 25.8 Å². The Balaban J connectivity index is 1.66. The summed E-state index contributed by atoms with van der Waals surface area (Å²) in [7, 11) is 3.29. The van der Waals surface area contributed by atoms with E-state index in [0.717, 1.165) is 41.3 Å². The number of carbonyl (C=O) groups excluding carboxylic acids is 1. The Morgan fingerprint density at radius 1 is 1.07 bits per heavy atom. The summed E-state index contributed by atoms with van der Waals surface area (Å²) in [5, 5.41) is 4.60. The molecule has 6 nitrogen and oxygen atoms in total. The Morgan fingerprint density at radius 3 is 2.59 bits per heavy atom. The molecular formula is C23H25N3O3. The van der Waals surface area contributed by atoms with E-state index < -0.39 is 0 Å². The van der Waals surface area contributed by atoms with Crippen LogP contribution in [0.4, 0.5) is 0 Å². The highest BCUT2D eigenvalue weighted by atomic mass is 16.5. The number of para-hydroxylation sites is 1. The summed E-state index contributed by atoms with van der Waals surface area (Å²) in [4.78, 5) is 15.3. The number of ether oxygens (including phenoxy) is 2.